The summed E-state index contributed by atoms with van der Waals surface area (Å²) in [6.45, 7) is 3.36. The molecule has 1 aliphatic carbocycles. The third-order valence-electron chi connectivity index (χ3n) is 5.43. The number of nitrogens with one attached hydrogen (secondary N) is 2. The Morgan fingerprint density at radius 3 is 2.69 bits per heavy atom. The molecule has 0 atom stereocenters. The smallest absolute Gasteiger partial charge is 0.387 e. The van der Waals surface area contributed by atoms with Crippen LogP contribution in [0, 0.1) is 5.41 Å². The lowest BCUT2D eigenvalue weighted by Crippen LogP contribution is -2.63. The van der Waals surface area contributed by atoms with Crippen LogP contribution in [-0.4, -0.2) is 40.1 Å². The molecular weight excluding hydrogens is 376 g/mol. The van der Waals surface area contributed by atoms with Gasteiger partial charge in [-0.3, -0.25) is 4.40 Å². The van der Waals surface area contributed by atoms with E-state index in [2.05, 4.69) is 20.4 Å². The van der Waals surface area contributed by atoms with Crippen LogP contribution in [0.4, 0.5) is 14.6 Å². The van der Waals surface area contributed by atoms with E-state index in [4.69, 9.17) is 4.98 Å². The molecule has 1 saturated heterocycles. The molecule has 8 heteroatoms. The minimum atomic E-state index is -2.86. The van der Waals surface area contributed by atoms with E-state index in [0.29, 0.717) is 17.1 Å². The van der Waals surface area contributed by atoms with E-state index in [9.17, 15) is 8.78 Å². The van der Waals surface area contributed by atoms with Crippen molar-refractivity contribution < 1.29 is 13.5 Å². The Hall–Kier alpha value is -2.74. The Kier molecular flexibility index (Phi) is 5.36. The highest BCUT2D eigenvalue weighted by atomic mass is 19.3. The Bertz CT molecular complexity index is 978. The molecule has 1 spiro atoms. The fourth-order valence-corrected chi connectivity index (χ4v) is 4.04. The standard InChI is InChI=1S/C19H19F2N5O.C2H6/c20-18(21)27-13-4-5-17-23-8-15(26(17)9-13)14-2-1-3-16(25-14)24-12-6-19(7-12)10-22-11-19;1-2/h1-5,8-9,12,18,22H,6-7,10-11H2,(H,24,25);1-2H3. The summed E-state index contributed by atoms with van der Waals surface area (Å²) in [5.74, 6) is 0.898. The summed E-state index contributed by atoms with van der Waals surface area (Å²) in [7, 11) is 0. The van der Waals surface area contributed by atoms with Crippen molar-refractivity contribution in [2.24, 2.45) is 5.41 Å². The van der Waals surface area contributed by atoms with Gasteiger partial charge >= 0.3 is 6.61 Å². The van der Waals surface area contributed by atoms with E-state index in [-0.39, 0.29) is 5.75 Å². The Labute approximate surface area is 168 Å². The lowest BCUT2D eigenvalue weighted by molar-refractivity contribution is -0.0501. The van der Waals surface area contributed by atoms with Gasteiger partial charge < -0.3 is 15.4 Å². The molecule has 2 N–H and O–H groups in total. The summed E-state index contributed by atoms with van der Waals surface area (Å²) in [4.78, 5) is 9.02. The summed E-state index contributed by atoms with van der Waals surface area (Å²) in [6.07, 6.45) is 5.52. The number of imidazole rings is 1. The highest BCUT2D eigenvalue weighted by molar-refractivity contribution is 5.62. The largest absolute Gasteiger partial charge is 0.433 e. The fraction of sp³-hybridized carbons (Fsp3) is 0.429. The molecule has 2 aliphatic rings. The average Bonchev–Trinajstić information content (AvgIpc) is 3.07. The number of fused-ring (bicyclic) bond motifs is 1. The molecule has 0 amide bonds. The summed E-state index contributed by atoms with van der Waals surface area (Å²) >= 11 is 0. The molecular formula is C21H25F2N5O. The SMILES string of the molecule is CC.FC(F)Oc1ccc2ncc(-c3cccc(NC4CC5(CNC5)C4)n3)n2c1. The summed E-state index contributed by atoms with van der Waals surface area (Å²) in [6, 6.07) is 9.33. The molecule has 0 aromatic carbocycles. The first-order valence-electron chi connectivity index (χ1n) is 9.97. The maximum atomic E-state index is 12.5. The van der Waals surface area contributed by atoms with Crippen molar-refractivity contribution in [1.82, 2.24) is 19.7 Å². The molecule has 4 heterocycles. The van der Waals surface area contributed by atoms with Gasteiger partial charge in [0, 0.05) is 19.1 Å². The minimum Gasteiger partial charge on any atom is -0.433 e. The fourth-order valence-electron chi connectivity index (χ4n) is 4.04. The molecule has 0 bridgehead atoms. The number of alkyl halides is 2. The van der Waals surface area contributed by atoms with E-state index in [0.717, 1.165) is 43.1 Å². The molecule has 3 aromatic heterocycles. The normalized spacial score (nSPS) is 17.4. The number of hydrogen-bond donors (Lipinski definition) is 2. The van der Waals surface area contributed by atoms with Crippen molar-refractivity contribution in [2.75, 3.05) is 18.4 Å². The van der Waals surface area contributed by atoms with Crippen molar-refractivity contribution in [2.45, 2.75) is 39.3 Å². The van der Waals surface area contributed by atoms with Crippen molar-refractivity contribution in [1.29, 1.82) is 0 Å². The maximum absolute atomic E-state index is 12.5. The highest BCUT2D eigenvalue weighted by Crippen LogP contribution is 2.45. The second-order valence-corrected chi connectivity index (χ2v) is 7.38. The topological polar surface area (TPSA) is 63.5 Å². The number of ether oxygens (including phenoxy) is 1. The second kappa shape index (κ2) is 7.94. The van der Waals surface area contributed by atoms with Gasteiger partial charge in [0.2, 0.25) is 0 Å². The third kappa shape index (κ3) is 3.89. The number of nitrogens with zero attached hydrogens (tertiary/aromatic N) is 3. The van der Waals surface area contributed by atoms with Crippen molar-refractivity contribution in [3.05, 3.63) is 42.7 Å². The van der Waals surface area contributed by atoms with Gasteiger partial charge in [0.25, 0.3) is 0 Å². The number of pyridine rings is 2. The van der Waals surface area contributed by atoms with Crippen LogP contribution >= 0.6 is 0 Å². The number of halogens is 2. The minimum absolute atomic E-state index is 0.0832. The molecule has 0 radical (unpaired) electrons. The molecule has 154 valence electrons. The van der Waals surface area contributed by atoms with Crippen LogP contribution in [0.2, 0.25) is 0 Å². The van der Waals surface area contributed by atoms with Gasteiger partial charge in [0.15, 0.2) is 0 Å². The lowest BCUT2D eigenvalue weighted by atomic mass is 9.62. The predicted molar refractivity (Wildman–Crippen MR) is 108 cm³/mol. The van der Waals surface area contributed by atoms with Gasteiger partial charge in [-0.05, 0) is 42.5 Å². The zero-order chi connectivity index (χ0) is 20.4. The van der Waals surface area contributed by atoms with Gasteiger partial charge in [-0.25, -0.2) is 9.97 Å². The van der Waals surface area contributed by atoms with Crippen LogP contribution in [0.3, 0.4) is 0 Å². The van der Waals surface area contributed by atoms with E-state index in [1.54, 1.807) is 16.7 Å². The summed E-state index contributed by atoms with van der Waals surface area (Å²) < 4.78 is 31.2. The number of aromatic nitrogens is 3. The zero-order valence-electron chi connectivity index (χ0n) is 16.5. The number of hydrogen-bond acceptors (Lipinski definition) is 5. The van der Waals surface area contributed by atoms with Gasteiger partial charge in [0.1, 0.15) is 17.2 Å². The molecule has 6 nitrogen and oxygen atoms in total. The second-order valence-electron chi connectivity index (χ2n) is 7.38. The molecule has 3 aromatic rings. The van der Waals surface area contributed by atoms with E-state index < -0.39 is 6.61 Å². The summed E-state index contributed by atoms with van der Waals surface area (Å²) in [5, 5.41) is 6.84. The van der Waals surface area contributed by atoms with Crippen LogP contribution in [0.1, 0.15) is 26.7 Å². The quantitative estimate of drug-likeness (QED) is 0.671. The van der Waals surface area contributed by atoms with Crippen LogP contribution in [0.15, 0.2) is 42.7 Å². The molecule has 5 rings (SSSR count). The van der Waals surface area contributed by atoms with E-state index in [1.165, 1.54) is 12.3 Å². The van der Waals surface area contributed by atoms with Crippen molar-refractivity contribution >= 4 is 11.5 Å². The first kappa shape index (κ1) is 19.6. The first-order valence-corrected chi connectivity index (χ1v) is 9.97. The van der Waals surface area contributed by atoms with Crippen LogP contribution in [0.5, 0.6) is 5.75 Å². The highest BCUT2D eigenvalue weighted by Gasteiger charge is 2.48. The molecule has 2 fully saturated rings. The van der Waals surface area contributed by atoms with Gasteiger partial charge in [-0.1, -0.05) is 19.9 Å². The Morgan fingerprint density at radius 2 is 2.00 bits per heavy atom. The van der Waals surface area contributed by atoms with Gasteiger partial charge in [0.05, 0.1) is 23.8 Å². The van der Waals surface area contributed by atoms with Crippen molar-refractivity contribution in [3.63, 3.8) is 0 Å². The third-order valence-corrected chi connectivity index (χ3v) is 5.43. The number of anilines is 1. The zero-order valence-corrected chi connectivity index (χ0v) is 16.5. The van der Waals surface area contributed by atoms with E-state index >= 15 is 0 Å². The van der Waals surface area contributed by atoms with Gasteiger partial charge in [-0.2, -0.15) is 8.78 Å². The molecule has 0 unspecified atom stereocenters. The molecule has 29 heavy (non-hydrogen) atoms. The average molecular weight is 401 g/mol. The van der Waals surface area contributed by atoms with Crippen molar-refractivity contribution in [3.8, 4) is 17.1 Å². The van der Waals surface area contributed by atoms with Gasteiger partial charge in [-0.15, -0.1) is 0 Å². The van der Waals surface area contributed by atoms with Crippen LogP contribution in [0.25, 0.3) is 17.0 Å². The van der Waals surface area contributed by atoms with E-state index in [1.807, 2.05) is 32.0 Å². The Morgan fingerprint density at radius 1 is 1.21 bits per heavy atom. The maximum Gasteiger partial charge on any atom is 0.387 e. The molecule has 1 saturated carbocycles. The number of rotatable bonds is 5. The monoisotopic (exact) mass is 401 g/mol. The predicted octanol–water partition coefficient (Wildman–Crippen LogP) is 4.19. The summed E-state index contributed by atoms with van der Waals surface area (Å²) in [5.41, 5.74) is 2.59. The van der Waals surface area contributed by atoms with Crippen LogP contribution < -0.4 is 15.4 Å². The first-order chi connectivity index (χ1) is 14.1. The molecule has 1 aliphatic heterocycles. The van der Waals surface area contributed by atoms with Crippen LogP contribution in [-0.2, 0) is 0 Å². The Balaban J connectivity index is 0.000000994. The lowest BCUT2D eigenvalue weighted by Gasteiger charge is -2.54.